The van der Waals surface area contributed by atoms with Crippen molar-refractivity contribution in [1.82, 2.24) is 24.9 Å². The molecule has 1 aromatic rings. The number of aryl methyl sites for hydroxylation is 1. The number of nitrogens with one attached hydrogen (secondary N) is 1. The van der Waals surface area contributed by atoms with E-state index in [1.54, 1.807) is 22.8 Å². The maximum atomic E-state index is 12.5. The first kappa shape index (κ1) is 21.9. The van der Waals surface area contributed by atoms with Crippen LogP contribution < -0.4 is 10.2 Å². The van der Waals surface area contributed by atoms with E-state index in [0.717, 1.165) is 37.1 Å². The predicted molar refractivity (Wildman–Crippen MR) is 119 cm³/mol. The van der Waals surface area contributed by atoms with Gasteiger partial charge in [-0.25, -0.2) is 0 Å². The Kier molecular flexibility index (Phi) is 8.33. The average molecular weight is 489 g/mol. The lowest BCUT2D eigenvalue weighted by atomic mass is 9.94. The van der Waals surface area contributed by atoms with Gasteiger partial charge in [-0.2, -0.15) is 5.10 Å². The lowest BCUT2D eigenvalue weighted by Gasteiger charge is -2.35. The number of aromatic nitrogens is 2. The molecular weight excluding hydrogens is 457 g/mol. The quantitative estimate of drug-likeness (QED) is 0.388. The van der Waals surface area contributed by atoms with E-state index in [9.17, 15) is 4.79 Å². The van der Waals surface area contributed by atoms with Gasteiger partial charge in [-0.15, -0.1) is 24.0 Å². The van der Waals surface area contributed by atoms with Crippen LogP contribution in [0.5, 0.6) is 0 Å². The molecule has 8 nitrogen and oxygen atoms in total. The van der Waals surface area contributed by atoms with Gasteiger partial charge in [-0.1, -0.05) is 0 Å². The Morgan fingerprint density at radius 3 is 2.59 bits per heavy atom. The van der Waals surface area contributed by atoms with Crippen LogP contribution in [0.2, 0.25) is 0 Å². The standard InChI is InChI=1S/C18H31N7O.HI/c1-19-18(20-7-4-15-5-8-22(2)9-6-15)24-10-11-25(17(26)14-24)16-12-21-23(3)13-16;/h12-13,15H,4-11,14H2,1-3H3,(H,19,20);1H. The molecule has 1 N–H and O–H groups in total. The zero-order valence-electron chi connectivity index (χ0n) is 16.6. The summed E-state index contributed by atoms with van der Waals surface area (Å²) < 4.78 is 1.72. The molecule has 1 aromatic heterocycles. The zero-order chi connectivity index (χ0) is 18.5. The number of piperidine rings is 1. The Balaban J connectivity index is 0.00000261. The van der Waals surface area contributed by atoms with Crippen molar-refractivity contribution in [2.24, 2.45) is 18.0 Å². The second-order valence-electron chi connectivity index (χ2n) is 7.35. The number of piperazine rings is 1. The van der Waals surface area contributed by atoms with Crippen LogP contribution in [-0.2, 0) is 11.8 Å². The molecule has 0 bridgehead atoms. The van der Waals surface area contributed by atoms with Gasteiger partial charge in [0.2, 0.25) is 5.91 Å². The fraction of sp³-hybridized carbons (Fsp3) is 0.722. The molecule has 2 fully saturated rings. The number of aliphatic imine (C=N–C) groups is 1. The van der Waals surface area contributed by atoms with Crippen molar-refractivity contribution < 1.29 is 4.79 Å². The van der Waals surface area contributed by atoms with Crippen molar-refractivity contribution in [2.75, 3.05) is 58.3 Å². The van der Waals surface area contributed by atoms with Gasteiger partial charge in [0, 0.05) is 39.9 Å². The van der Waals surface area contributed by atoms with E-state index in [-0.39, 0.29) is 29.9 Å². The highest BCUT2D eigenvalue weighted by atomic mass is 127. The third-order valence-electron chi connectivity index (χ3n) is 5.41. The predicted octanol–water partition coefficient (Wildman–Crippen LogP) is 0.994. The highest BCUT2D eigenvalue weighted by molar-refractivity contribution is 14.0. The molecule has 27 heavy (non-hydrogen) atoms. The minimum atomic E-state index is 0. The van der Waals surface area contributed by atoms with Crippen LogP contribution in [0.25, 0.3) is 0 Å². The van der Waals surface area contributed by atoms with Gasteiger partial charge in [0.1, 0.15) is 6.54 Å². The summed E-state index contributed by atoms with van der Waals surface area (Å²) in [5.74, 6) is 1.71. The van der Waals surface area contributed by atoms with E-state index in [1.165, 1.54) is 25.9 Å². The van der Waals surface area contributed by atoms with Crippen LogP contribution in [-0.4, -0.2) is 84.8 Å². The van der Waals surface area contributed by atoms with Gasteiger partial charge in [0.25, 0.3) is 0 Å². The van der Waals surface area contributed by atoms with Crippen molar-refractivity contribution in [3.63, 3.8) is 0 Å². The number of likely N-dealkylation sites (tertiary alicyclic amines) is 1. The first-order chi connectivity index (χ1) is 12.6. The molecule has 9 heteroatoms. The van der Waals surface area contributed by atoms with E-state index < -0.39 is 0 Å². The van der Waals surface area contributed by atoms with E-state index in [4.69, 9.17) is 0 Å². The van der Waals surface area contributed by atoms with Gasteiger partial charge < -0.3 is 20.0 Å². The number of guanidine groups is 1. The van der Waals surface area contributed by atoms with Crippen LogP contribution in [0.3, 0.4) is 0 Å². The minimum Gasteiger partial charge on any atom is -0.356 e. The zero-order valence-corrected chi connectivity index (χ0v) is 18.9. The van der Waals surface area contributed by atoms with Gasteiger partial charge in [-0.05, 0) is 45.3 Å². The second kappa shape index (κ2) is 10.3. The lowest BCUT2D eigenvalue weighted by molar-refractivity contribution is -0.120. The normalized spacial score (nSPS) is 20.0. The maximum Gasteiger partial charge on any atom is 0.246 e. The highest BCUT2D eigenvalue weighted by Gasteiger charge is 2.27. The van der Waals surface area contributed by atoms with E-state index in [0.29, 0.717) is 13.1 Å². The van der Waals surface area contributed by atoms with Crippen molar-refractivity contribution in [3.05, 3.63) is 12.4 Å². The first-order valence-electron chi connectivity index (χ1n) is 9.50. The molecule has 0 aromatic carbocycles. The van der Waals surface area contributed by atoms with E-state index in [1.807, 2.05) is 18.1 Å². The minimum absolute atomic E-state index is 0. The topological polar surface area (TPSA) is 69.0 Å². The molecule has 152 valence electrons. The summed E-state index contributed by atoms with van der Waals surface area (Å²) in [6.07, 6.45) is 7.33. The molecule has 0 spiro atoms. The van der Waals surface area contributed by atoms with E-state index >= 15 is 0 Å². The van der Waals surface area contributed by atoms with E-state index in [2.05, 4.69) is 27.4 Å². The molecule has 1 amide bonds. The molecule has 2 aliphatic rings. The number of nitrogens with zero attached hydrogens (tertiary/aromatic N) is 6. The number of hydrogen-bond donors (Lipinski definition) is 1. The number of hydrogen-bond acceptors (Lipinski definition) is 4. The number of halogens is 1. The largest absolute Gasteiger partial charge is 0.356 e. The SMILES string of the molecule is CN=C(NCCC1CCN(C)CC1)N1CCN(c2cnn(C)c2)C(=O)C1.I. The third-order valence-corrected chi connectivity index (χ3v) is 5.41. The Morgan fingerprint density at radius 1 is 1.26 bits per heavy atom. The maximum absolute atomic E-state index is 12.5. The van der Waals surface area contributed by atoms with Crippen molar-refractivity contribution >= 4 is 41.5 Å². The van der Waals surface area contributed by atoms with Gasteiger partial charge in [0.05, 0.1) is 11.9 Å². The summed E-state index contributed by atoms with van der Waals surface area (Å²) in [6.45, 7) is 5.09. The van der Waals surface area contributed by atoms with Crippen LogP contribution in [0.4, 0.5) is 5.69 Å². The van der Waals surface area contributed by atoms with Crippen LogP contribution in [0, 0.1) is 5.92 Å². The summed E-state index contributed by atoms with van der Waals surface area (Å²) in [5, 5.41) is 7.61. The average Bonchev–Trinajstić information content (AvgIpc) is 3.06. The Labute approximate surface area is 179 Å². The summed E-state index contributed by atoms with van der Waals surface area (Å²) in [6, 6.07) is 0. The van der Waals surface area contributed by atoms with Crippen LogP contribution >= 0.6 is 24.0 Å². The molecule has 2 saturated heterocycles. The molecule has 0 radical (unpaired) electrons. The Hall–Kier alpha value is -1.36. The molecule has 0 atom stereocenters. The first-order valence-corrected chi connectivity index (χ1v) is 9.50. The summed E-state index contributed by atoms with van der Waals surface area (Å²) in [7, 11) is 5.84. The Morgan fingerprint density at radius 2 is 2.00 bits per heavy atom. The second-order valence-corrected chi connectivity index (χ2v) is 7.35. The summed E-state index contributed by atoms with van der Waals surface area (Å²) >= 11 is 0. The highest BCUT2D eigenvalue weighted by Crippen LogP contribution is 2.19. The fourth-order valence-corrected chi connectivity index (χ4v) is 3.75. The molecule has 0 saturated carbocycles. The molecule has 0 unspecified atom stereocenters. The number of amides is 1. The van der Waals surface area contributed by atoms with Crippen molar-refractivity contribution in [1.29, 1.82) is 0 Å². The van der Waals surface area contributed by atoms with Crippen molar-refractivity contribution in [2.45, 2.75) is 19.3 Å². The van der Waals surface area contributed by atoms with Gasteiger partial charge in [0.15, 0.2) is 5.96 Å². The summed E-state index contributed by atoms with van der Waals surface area (Å²) in [5.41, 5.74) is 0.863. The van der Waals surface area contributed by atoms with Crippen molar-refractivity contribution in [3.8, 4) is 0 Å². The Bertz CT molecular complexity index is 639. The lowest BCUT2D eigenvalue weighted by Crippen LogP contribution is -2.55. The molecule has 3 heterocycles. The molecule has 0 aliphatic carbocycles. The number of carbonyl (C=O) groups is 1. The monoisotopic (exact) mass is 489 g/mol. The number of carbonyl (C=O) groups excluding carboxylic acids is 1. The molecular formula is C18H32IN7O. The smallest absolute Gasteiger partial charge is 0.246 e. The van der Waals surface area contributed by atoms with Crippen LogP contribution in [0.15, 0.2) is 17.4 Å². The molecule has 3 rings (SSSR count). The van der Waals surface area contributed by atoms with Gasteiger partial charge >= 0.3 is 0 Å². The van der Waals surface area contributed by atoms with Gasteiger partial charge in [-0.3, -0.25) is 14.5 Å². The third kappa shape index (κ3) is 5.81. The fourth-order valence-electron chi connectivity index (χ4n) is 3.75. The molecule has 2 aliphatic heterocycles. The van der Waals surface area contributed by atoms with Crippen LogP contribution in [0.1, 0.15) is 19.3 Å². The summed E-state index contributed by atoms with van der Waals surface area (Å²) in [4.78, 5) is 23.2. The number of rotatable bonds is 4. The number of anilines is 1.